The first-order chi connectivity index (χ1) is 23.4. The standard InChI is InChI=1S/C45H40BN3/c1-25-13-11-14-26(2)38(25)43-47-34-21-27-15-9-10-16-30(27)39-42(34)49(43)37-18-12-17-36-40(37)46(39)33-24-29(45(6,7)8)23-32-31-22-28(44(3,4)5)19-20-35(31)48(36)41(32)33/h9-24H,1-8H3. The topological polar surface area (TPSA) is 22.8 Å². The summed E-state index contributed by atoms with van der Waals surface area (Å²) in [5.74, 6) is 1.03. The highest BCUT2D eigenvalue weighted by Crippen LogP contribution is 2.42. The zero-order chi connectivity index (χ0) is 33.7. The number of hydrogen-bond donors (Lipinski definition) is 0. The molecule has 49 heavy (non-hydrogen) atoms. The van der Waals surface area contributed by atoms with Crippen molar-refractivity contribution >= 4 is 66.7 Å². The summed E-state index contributed by atoms with van der Waals surface area (Å²) in [7, 11) is 0. The largest absolute Gasteiger partial charge is 0.310 e. The van der Waals surface area contributed by atoms with Gasteiger partial charge in [-0.05, 0) is 110 Å². The molecule has 2 aliphatic heterocycles. The molecule has 0 saturated heterocycles. The van der Waals surface area contributed by atoms with E-state index in [0.717, 1.165) is 11.3 Å². The van der Waals surface area contributed by atoms with E-state index in [0.29, 0.717) is 0 Å². The van der Waals surface area contributed by atoms with Crippen molar-refractivity contribution in [2.45, 2.75) is 66.2 Å². The molecule has 0 unspecified atom stereocenters. The molecule has 3 nitrogen and oxygen atoms in total. The van der Waals surface area contributed by atoms with Crippen molar-refractivity contribution in [1.29, 1.82) is 0 Å². The number of aromatic nitrogens is 3. The van der Waals surface area contributed by atoms with Crippen LogP contribution < -0.4 is 16.4 Å². The molecule has 0 radical (unpaired) electrons. The van der Waals surface area contributed by atoms with E-state index in [1.54, 1.807) is 0 Å². The van der Waals surface area contributed by atoms with Crippen LogP contribution in [-0.2, 0) is 10.8 Å². The highest BCUT2D eigenvalue weighted by atomic mass is 15.1. The fourth-order valence-electron chi connectivity index (χ4n) is 9.03. The van der Waals surface area contributed by atoms with Crippen LogP contribution >= 0.6 is 0 Å². The van der Waals surface area contributed by atoms with E-state index in [9.17, 15) is 0 Å². The molecule has 6 aromatic carbocycles. The third kappa shape index (κ3) is 3.72. The van der Waals surface area contributed by atoms with Gasteiger partial charge < -0.3 is 4.57 Å². The lowest BCUT2D eigenvalue weighted by Crippen LogP contribution is -2.59. The van der Waals surface area contributed by atoms with Crippen LogP contribution in [0.1, 0.15) is 63.8 Å². The maximum Gasteiger partial charge on any atom is 0.253 e. The molecular weight excluding hydrogens is 593 g/mol. The van der Waals surface area contributed by atoms with E-state index in [2.05, 4.69) is 162 Å². The van der Waals surface area contributed by atoms with E-state index < -0.39 is 0 Å². The van der Waals surface area contributed by atoms with Crippen LogP contribution in [0.15, 0.2) is 97.1 Å². The maximum atomic E-state index is 5.53. The third-order valence-electron chi connectivity index (χ3n) is 11.5. The lowest BCUT2D eigenvalue weighted by atomic mass is 9.33. The minimum absolute atomic E-state index is 0.0133. The van der Waals surface area contributed by atoms with Crippen molar-refractivity contribution in [1.82, 2.24) is 14.1 Å². The summed E-state index contributed by atoms with van der Waals surface area (Å²) in [4.78, 5) is 5.53. The normalized spacial score (nSPS) is 13.7. The molecule has 10 rings (SSSR count). The number of hydrogen-bond acceptors (Lipinski definition) is 1. The van der Waals surface area contributed by atoms with Crippen LogP contribution in [0.5, 0.6) is 0 Å². The van der Waals surface area contributed by atoms with Crippen molar-refractivity contribution < 1.29 is 0 Å². The maximum absolute atomic E-state index is 5.53. The number of rotatable bonds is 1. The Morgan fingerprint density at radius 2 is 1.24 bits per heavy atom. The molecule has 8 aromatic rings. The monoisotopic (exact) mass is 633 g/mol. The second-order valence-corrected chi connectivity index (χ2v) is 16.6. The summed E-state index contributed by atoms with van der Waals surface area (Å²) in [6, 6.07) is 37.0. The molecule has 0 spiro atoms. The molecule has 2 aliphatic rings. The molecule has 2 aromatic heterocycles. The van der Waals surface area contributed by atoms with Crippen molar-refractivity contribution in [3.8, 4) is 22.8 Å². The molecule has 0 saturated carbocycles. The quantitative estimate of drug-likeness (QED) is 0.165. The summed E-state index contributed by atoms with van der Waals surface area (Å²) >= 11 is 0. The highest BCUT2D eigenvalue weighted by molar-refractivity contribution is 7.01. The summed E-state index contributed by atoms with van der Waals surface area (Å²) in [6.45, 7) is 18.5. The molecule has 4 heterocycles. The summed E-state index contributed by atoms with van der Waals surface area (Å²) in [6.07, 6.45) is 0. The minimum Gasteiger partial charge on any atom is -0.310 e. The smallest absolute Gasteiger partial charge is 0.253 e. The predicted molar refractivity (Wildman–Crippen MR) is 210 cm³/mol. The fourth-order valence-corrected chi connectivity index (χ4v) is 9.03. The lowest BCUT2D eigenvalue weighted by Gasteiger charge is -2.35. The molecule has 0 atom stereocenters. The Kier molecular flexibility index (Phi) is 5.50. The number of imidazole rings is 1. The second kappa shape index (κ2) is 9.33. The van der Waals surface area contributed by atoms with E-state index >= 15 is 0 Å². The Bertz CT molecular complexity index is 2740. The summed E-state index contributed by atoms with van der Waals surface area (Å²) < 4.78 is 5.08. The Balaban J connectivity index is 1.45. The van der Waals surface area contributed by atoms with E-state index in [1.807, 2.05) is 0 Å². The first-order valence-corrected chi connectivity index (χ1v) is 17.7. The molecule has 0 bridgehead atoms. The van der Waals surface area contributed by atoms with Gasteiger partial charge in [-0.1, -0.05) is 102 Å². The number of benzene rings is 6. The lowest BCUT2D eigenvalue weighted by molar-refractivity contribution is 0.590. The van der Waals surface area contributed by atoms with Crippen LogP contribution in [0.2, 0.25) is 0 Å². The molecule has 4 heteroatoms. The van der Waals surface area contributed by atoms with Gasteiger partial charge in [-0.2, -0.15) is 0 Å². The van der Waals surface area contributed by atoms with Crippen LogP contribution in [0.3, 0.4) is 0 Å². The molecular formula is C45H40BN3. The van der Waals surface area contributed by atoms with E-state index in [1.165, 1.54) is 93.7 Å². The van der Waals surface area contributed by atoms with Gasteiger partial charge in [0.05, 0.1) is 16.6 Å². The van der Waals surface area contributed by atoms with E-state index in [4.69, 9.17) is 4.98 Å². The fraction of sp³-hybridized carbons (Fsp3) is 0.222. The zero-order valence-electron chi connectivity index (χ0n) is 29.7. The van der Waals surface area contributed by atoms with Gasteiger partial charge in [-0.15, -0.1) is 0 Å². The van der Waals surface area contributed by atoms with Gasteiger partial charge in [0.15, 0.2) is 0 Å². The Labute approximate surface area is 288 Å². The summed E-state index contributed by atoms with van der Waals surface area (Å²) in [5.41, 5.74) is 18.1. The first-order valence-electron chi connectivity index (χ1n) is 17.7. The van der Waals surface area contributed by atoms with Crippen molar-refractivity contribution in [2.24, 2.45) is 0 Å². The molecule has 0 fully saturated rings. The molecule has 0 amide bonds. The van der Waals surface area contributed by atoms with Gasteiger partial charge in [0.1, 0.15) is 5.82 Å². The number of nitrogens with zero attached hydrogens (tertiary/aromatic N) is 3. The molecule has 238 valence electrons. The van der Waals surface area contributed by atoms with Crippen molar-refractivity contribution in [3.63, 3.8) is 0 Å². The zero-order valence-corrected chi connectivity index (χ0v) is 29.7. The van der Waals surface area contributed by atoms with Crippen LogP contribution in [0.4, 0.5) is 0 Å². The van der Waals surface area contributed by atoms with Gasteiger partial charge in [-0.25, -0.2) is 4.98 Å². The van der Waals surface area contributed by atoms with Gasteiger partial charge >= 0.3 is 0 Å². The van der Waals surface area contributed by atoms with Gasteiger partial charge in [0, 0.05) is 33.2 Å². The Hall–Kier alpha value is -5.09. The SMILES string of the molecule is Cc1cccc(C)c1-c1nc2cc3ccccc3c3c2n1-c1cccc2c1B3c1cc(C(C)(C)C)cc3c4cc(C(C)(C)C)ccc4n-2c13. The van der Waals surface area contributed by atoms with E-state index in [-0.39, 0.29) is 17.5 Å². The average molecular weight is 634 g/mol. The third-order valence-corrected chi connectivity index (χ3v) is 11.5. The van der Waals surface area contributed by atoms with Gasteiger partial charge in [-0.3, -0.25) is 4.57 Å². The molecule has 0 N–H and O–H groups in total. The average Bonchev–Trinajstić information content (AvgIpc) is 3.59. The number of aryl methyl sites for hydroxylation is 2. The van der Waals surface area contributed by atoms with Crippen molar-refractivity contribution in [2.75, 3.05) is 0 Å². The highest BCUT2D eigenvalue weighted by Gasteiger charge is 2.43. The van der Waals surface area contributed by atoms with Crippen molar-refractivity contribution in [3.05, 3.63) is 119 Å². The molecule has 0 aliphatic carbocycles. The Morgan fingerprint density at radius 3 is 1.98 bits per heavy atom. The number of fused-ring (bicyclic) bond motifs is 9. The van der Waals surface area contributed by atoms with Crippen LogP contribution in [-0.4, -0.2) is 20.8 Å². The second-order valence-electron chi connectivity index (χ2n) is 16.6. The Morgan fingerprint density at radius 1 is 0.571 bits per heavy atom. The minimum atomic E-state index is -0.0133. The summed E-state index contributed by atoms with van der Waals surface area (Å²) in [5, 5.41) is 5.24. The van der Waals surface area contributed by atoms with Gasteiger partial charge in [0.2, 0.25) is 0 Å². The first kappa shape index (κ1) is 28.9. The predicted octanol–water partition coefficient (Wildman–Crippen LogP) is 9.30. The van der Waals surface area contributed by atoms with Crippen LogP contribution in [0.25, 0.3) is 66.4 Å². The van der Waals surface area contributed by atoms with Gasteiger partial charge in [0.25, 0.3) is 6.71 Å². The van der Waals surface area contributed by atoms with Crippen LogP contribution in [0, 0.1) is 13.8 Å².